The molecule has 2 N–H and O–H groups in total. The van der Waals surface area contributed by atoms with Crippen LogP contribution in [0, 0.1) is 5.82 Å². The third kappa shape index (κ3) is 4.75. The van der Waals surface area contributed by atoms with E-state index in [1.165, 1.54) is 17.0 Å². The Bertz CT molecular complexity index is 649. The molecular formula is C17H20FN3O2. The third-order valence-corrected chi connectivity index (χ3v) is 3.32. The number of nitrogens with zero attached hydrogens (tertiary/aromatic N) is 2. The molecule has 2 unspecified atom stereocenters. The summed E-state index contributed by atoms with van der Waals surface area (Å²) in [7, 11) is 1.59. The Morgan fingerprint density at radius 3 is 2.74 bits per heavy atom. The van der Waals surface area contributed by atoms with E-state index in [4.69, 9.17) is 0 Å². The quantitative estimate of drug-likeness (QED) is 0.889. The number of carbonyl (C=O) groups is 1. The number of hydrogen-bond donors (Lipinski definition) is 2. The lowest BCUT2D eigenvalue weighted by Crippen LogP contribution is -2.42. The first-order valence-electron chi connectivity index (χ1n) is 7.33. The van der Waals surface area contributed by atoms with E-state index in [1.807, 2.05) is 0 Å². The van der Waals surface area contributed by atoms with Gasteiger partial charge in [0.15, 0.2) is 0 Å². The second kappa shape index (κ2) is 7.69. The zero-order chi connectivity index (χ0) is 16.8. The predicted octanol–water partition coefficient (Wildman–Crippen LogP) is 2.33. The van der Waals surface area contributed by atoms with Gasteiger partial charge in [0.1, 0.15) is 5.82 Å². The van der Waals surface area contributed by atoms with Crippen molar-refractivity contribution in [2.45, 2.75) is 19.1 Å². The molecule has 0 bridgehead atoms. The zero-order valence-corrected chi connectivity index (χ0v) is 13.1. The molecule has 2 amide bonds. The van der Waals surface area contributed by atoms with Crippen molar-refractivity contribution in [3.63, 3.8) is 0 Å². The first kappa shape index (κ1) is 16.9. The fraction of sp³-hybridized carbons (Fsp3) is 0.294. The fourth-order valence-electron chi connectivity index (χ4n) is 2.27. The van der Waals surface area contributed by atoms with E-state index >= 15 is 0 Å². The van der Waals surface area contributed by atoms with Crippen molar-refractivity contribution in [2.75, 3.05) is 13.6 Å². The Kier molecular flexibility index (Phi) is 5.65. The lowest BCUT2D eigenvalue weighted by molar-refractivity contribution is 0.143. The minimum absolute atomic E-state index is 0.198. The number of urea groups is 1. The standard InChI is InChI=1S/C17H20FN3O2/c1-12(22)11-21(2)17(23)20-16(15-8-3-4-9-19-15)13-6-5-7-14(18)10-13/h3-10,12,16,22H,11H2,1-2H3,(H,20,23). The summed E-state index contributed by atoms with van der Waals surface area (Å²) in [5.41, 5.74) is 1.21. The van der Waals surface area contributed by atoms with Crippen LogP contribution in [0.4, 0.5) is 9.18 Å². The van der Waals surface area contributed by atoms with Crippen LogP contribution >= 0.6 is 0 Å². The van der Waals surface area contributed by atoms with Crippen LogP contribution in [0.2, 0.25) is 0 Å². The van der Waals surface area contributed by atoms with Gasteiger partial charge in [0.2, 0.25) is 0 Å². The summed E-state index contributed by atoms with van der Waals surface area (Å²) in [6, 6.07) is 10.4. The van der Waals surface area contributed by atoms with Crippen molar-refractivity contribution in [3.05, 3.63) is 65.7 Å². The number of carbonyl (C=O) groups excluding carboxylic acids is 1. The monoisotopic (exact) mass is 317 g/mol. The van der Waals surface area contributed by atoms with Gasteiger partial charge < -0.3 is 15.3 Å². The molecule has 122 valence electrons. The van der Waals surface area contributed by atoms with Gasteiger partial charge in [0.05, 0.1) is 17.8 Å². The smallest absolute Gasteiger partial charge is 0.318 e. The number of hydrogen-bond acceptors (Lipinski definition) is 3. The first-order chi connectivity index (χ1) is 11.0. The zero-order valence-electron chi connectivity index (χ0n) is 13.1. The topological polar surface area (TPSA) is 65.5 Å². The maximum Gasteiger partial charge on any atom is 0.318 e. The second-order valence-corrected chi connectivity index (χ2v) is 5.42. The average Bonchev–Trinajstić information content (AvgIpc) is 2.52. The Hall–Kier alpha value is -2.47. The second-order valence-electron chi connectivity index (χ2n) is 5.42. The maximum absolute atomic E-state index is 13.5. The van der Waals surface area contributed by atoms with E-state index in [-0.39, 0.29) is 18.4 Å². The Balaban J connectivity index is 2.26. The number of nitrogens with one attached hydrogen (secondary N) is 1. The van der Waals surface area contributed by atoms with Gasteiger partial charge in [-0.3, -0.25) is 4.98 Å². The number of aliphatic hydroxyl groups is 1. The van der Waals surface area contributed by atoms with Crippen molar-refractivity contribution in [2.24, 2.45) is 0 Å². The molecule has 0 aliphatic rings. The van der Waals surface area contributed by atoms with Crippen LogP contribution < -0.4 is 5.32 Å². The minimum Gasteiger partial charge on any atom is -0.392 e. The number of amides is 2. The van der Waals surface area contributed by atoms with Gasteiger partial charge in [-0.15, -0.1) is 0 Å². The van der Waals surface area contributed by atoms with Crippen LogP contribution in [-0.2, 0) is 0 Å². The highest BCUT2D eigenvalue weighted by molar-refractivity contribution is 5.75. The predicted molar refractivity (Wildman–Crippen MR) is 85.3 cm³/mol. The Morgan fingerprint density at radius 2 is 2.13 bits per heavy atom. The molecule has 1 aromatic carbocycles. The summed E-state index contributed by atoms with van der Waals surface area (Å²) in [6.45, 7) is 1.80. The third-order valence-electron chi connectivity index (χ3n) is 3.32. The summed E-state index contributed by atoms with van der Waals surface area (Å²) in [4.78, 5) is 17.9. The summed E-state index contributed by atoms with van der Waals surface area (Å²) in [5.74, 6) is -0.380. The van der Waals surface area contributed by atoms with Crippen LogP contribution in [0.25, 0.3) is 0 Å². The van der Waals surface area contributed by atoms with E-state index in [2.05, 4.69) is 10.3 Å². The number of aromatic nitrogens is 1. The van der Waals surface area contributed by atoms with Crippen LogP contribution in [0.1, 0.15) is 24.2 Å². The summed E-state index contributed by atoms with van der Waals surface area (Å²) in [5, 5.41) is 12.2. The van der Waals surface area contributed by atoms with Gasteiger partial charge in [-0.2, -0.15) is 0 Å². The molecule has 23 heavy (non-hydrogen) atoms. The summed E-state index contributed by atoms with van der Waals surface area (Å²) >= 11 is 0. The molecule has 0 saturated carbocycles. The summed E-state index contributed by atoms with van der Waals surface area (Å²) < 4.78 is 13.5. The van der Waals surface area contributed by atoms with E-state index in [0.717, 1.165) is 0 Å². The molecule has 0 spiro atoms. The van der Waals surface area contributed by atoms with Crippen molar-refractivity contribution in [3.8, 4) is 0 Å². The van der Waals surface area contributed by atoms with Crippen LogP contribution in [0.3, 0.4) is 0 Å². The molecular weight excluding hydrogens is 297 g/mol. The van der Waals surface area contributed by atoms with Crippen LogP contribution in [-0.4, -0.2) is 40.7 Å². The normalized spacial score (nSPS) is 13.2. The van der Waals surface area contributed by atoms with Gasteiger partial charge in [-0.1, -0.05) is 18.2 Å². The summed E-state index contributed by atoms with van der Waals surface area (Å²) in [6.07, 6.45) is 0.987. The number of rotatable bonds is 5. The van der Waals surface area contributed by atoms with E-state index < -0.39 is 12.1 Å². The molecule has 0 fully saturated rings. The molecule has 0 radical (unpaired) electrons. The van der Waals surface area contributed by atoms with Crippen LogP contribution in [0.5, 0.6) is 0 Å². The van der Waals surface area contributed by atoms with Crippen molar-refractivity contribution in [1.29, 1.82) is 0 Å². The first-order valence-corrected chi connectivity index (χ1v) is 7.33. The number of pyridine rings is 1. The molecule has 0 aliphatic heterocycles. The lowest BCUT2D eigenvalue weighted by Gasteiger charge is -2.24. The number of benzene rings is 1. The molecule has 5 nitrogen and oxygen atoms in total. The highest BCUT2D eigenvalue weighted by atomic mass is 19.1. The van der Waals surface area contributed by atoms with Crippen molar-refractivity contribution >= 4 is 6.03 Å². The SMILES string of the molecule is CC(O)CN(C)C(=O)NC(c1cccc(F)c1)c1ccccn1. The van der Waals surface area contributed by atoms with E-state index in [0.29, 0.717) is 11.3 Å². The highest BCUT2D eigenvalue weighted by Crippen LogP contribution is 2.21. The Labute approximate surface area is 134 Å². The van der Waals surface area contributed by atoms with Gasteiger partial charge in [-0.05, 0) is 36.8 Å². The molecule has 6 heteroatoms. The van der Waals surface area contributed by atoms with Gasteiger partial charge in [0.25, 0.3) is 0 Å². The van der Waals surface area contributed by atoms with Gasteiger partial charge >= 0.3 is 6.03 Å². The molecule has 2 aromatic rings. The average molecular weight is 317 g/mol. The largest absolute Gasteiger partial charge is 0.392 e. The fourth-order valence-corrected chi connectivity index (χ4v) is 2.27. The van der Waals surface area contributed by atoms with Gasteiger partial charge in [-0.25, -0.2) is 9.18 Å². The molecule has 0 saturated heterocycles. The maximum atomic E-state index is 13.5. The highest BCUT2D eigenvalue weighted by Gasteiger charge is 2.21. The number of likely N-dealkylation sites (N-methyl/N-ethyl adjacent to an activating group) is 1. The number of halogens is 1. The molecule has 1 aromatic heterocycles. The molecule has 1 heterocycles. The van der Waals surface area contributed by atoms with E-state index in [9.17, 15) is 14.3 Å². The number of aliphatic hydroxyl groups excluding tert-OH is 1. The van der Waals surface area contributed by atoms with Crippen molar-refractivity contribution < 1.29 is 14.3 Å². The lowest BCUT2D eigenvalue weighted by atomic mass is 10.0. The Morgan fingerprint density at radius 1 is 1.35 bits per heavy atom. The van der Waals surface area contributed by atoms with Gasteiger partial charge in [0, 0.05) is 19.8 Å². The molecule has 0 aliphatic carbocycles. The van der Waals surface area contributed by atoms with Crippen LogP contribution in [0.15, 0.2) is 48.7 Å². The van der Waals surface area contributed by atoms with Crippen molar-refractivity contribution in [1.82, 2.24) is 15.2 Å². The molecule has 2 rings (SSSR count). The molecule has 2 atom stereocenters. The van der Waals surface area contributed by atoms with E-state index in [1.54, 1.807) is 50.5 Å². The minimum atomic E-state index is -0.631.